The zero-order valence-electron chi connectivity index (χ0n) is 15.0. The van der Waals surface area contributed by atoms with E-state index in [4.69, 9.17) is 9.15 Å². The van der Waals surface area contributed by atoms with E-state index in [1.165, 1.54) is 23.9 Å². The normalized spacial score (nSPS) is 15.0. The lowest BCUT2D eigenvalue weighted by molar-refractivity contribution is -0.402. The summed E-state index contributed by atoms with van der Waals surface area (Å²) in [5.41, 5.74) is 2.14. The maximum absolute atomic E-state index is 10.8. The van der Waals surface area contributed by atoms with Crippen LogP contribution in [0, 0.1) is 10.1 Å². The van der Waals surface area contributed by atoms with Gasteiger partial charge in [0.2, 0.25) is 11.0 Å². The van der Waals surface area contributed by atoms with E-state index >= 15 is 0 Å². The van der Waals surface area contributed by atoms with E-state index < -0.39 is 11.2 Å². The maximum Gasteiger partial charge on any atom is 0.433 e. The van der Waals surface area contributed by atoms with Crippen molar-refractivity contribution in [3.05, 3.63) is 71.0 Å². The van der Waals surface area contributed by atoms with Crippen LogP contribution < -0.4 is 10.1 Å². The number of nitro groups is 1. The van der Waals surface area contributed by atoms with Crippen LogP contribution in [0.5, 0.6) is 5.88 Å². The molecule has 9 nitrogen and oxygen atoms in total. The summed E-state index contributed by atoms with van der Waals surface area (Å²) in [6.07, 6.45) is 4.44. The second-order valence-electron chi connectivity index (χ2n) is 5.87. The summed E-state index contributed by atoms with van der Waals surface area (Å²) in [6, 6.07) is 10.4. The number of hydrogen-bond acceptors (Lipinski definition) is 9. The molecule has 4 rings (SSSR count). The molecular formula is C19H15N5O4S. The number of fused-ring (bicyclic) bond motifs is 3. The largest absolute Gasteiger partial charge is 0.448 e. The summed E-state index contributed by atoms with van der Waals surface area (Å²) < 4.78 is 11.2. The first-order valence-electron chi connectivity index (χ1n) is 8.57. The Kier molecular flexibility index (Phi) is 5.25. The summed E-state index contributed by atoms with van der Waals surface area (Å²) in [5.74, 6) is 0.999. The number of ether oxygens (including phenoxy) is 1. The third kappa shape index (κ3) is 4.11. The summed E-state index contributed by atoms with van der Waals surface area (Å²) in [5, 5.41) is 23.0. The molecule has 10 heteroatoms. The van der Waals surface area contributed by atoms with Crippen molar-refractivity contribution in [2.45, 2.75) is 11.4 Å². The number of benzene rings is 1. The summed E-state index contributed by atoms with van der Waals surface area (Å²) in [7, 11) is 0. The van der Waals surface area contributed by atoms with Crippen molar-refractivity contribution in [2.24, 2.45) is 0 Å². The monoisotopic (exact) mass is 409 g/mol. The fourth-order valence-electron chi connectivity index (χ4n) is 2.66. The average molecular weight is 409 g/mol. The first kappa shape index (κ1) is 18.7. The molecule has 3 heterocycles. The molecule has 1 atom stereocenters. The van der Waals surface area contributed by atoms with Gasteiger partial charge in [0.15, 0.2) is 11.9 Å². The van der Waals surface area contributed by atoms with Gasteiger partial charge in [-0.1, -0.05) is 36.0 Å². The fourth-order valence-corrected chi connectivity index (χ4v) is 3.17. The quantitative estimate of drug-likeness (QED) is 0.277. The van der Waals surface area contributed by atoms with Gasteiger partial charge < -0.3 is 14.5 Å². The van der Waals surface area contributed by atoms with E-state index in [1.54, 1.807) is 18.2 Å². The first-order chi connectivity index (χ1) is 14.1. The van der Waals surface area contributed by atoms with Gasteiger partial charge in [-0.25, -0.2) is 0 Å². The Morgan fingerprint density at radius 2 is 2.14 bits per heavy atom. The van der Waals surface area contributed by atoms with Crippen molar-refractivity contribution in [3.63, 3.8) is 0 Å². The number of anilines is 1. The Bertz CT molecular complexity index is 1100. The molecule has 1 aliphatic rings. The highest BCUT2D eigenvalue weighted by molar-refractivity contribution is 7.99. The van der Waals surface area contributed by atoms with Crippen molar-refractivity contribution in [2.75, 3.05) is 11.1 Å². The summed E-state index contributed by atoms with van der Waals surface area (Å²) >= 11 is 1.40. The lowest BCUT2D eigenvalue weighted by Crippen LogP contribution is -2.23. The van der Waals surface area contributed by atoms with Crippen LogP contribution >= 0.6 is 11.8 Å². The molecule has 146 valence electrons. The first-order valence-corrected chi connectivity index (χ1v) is 9.56. The van der Waals surface area contributed by atoms with Gasteiger partial charge in [-0.2, -0.15) is 4.98 Å². The van der Waals surface area contributed by atoms with Gasteiger partial charge in [0.25, 0.3) is 0 Å². The van der Waals surface area contributed by atoms with Crippen molar-refractivity contribution in [3.8, 4) is 17.1 Å². The fraction of sp³-hybridized carbons (Fsp3) is 0.105. The van der Waals surface area contributed by atoms with Crippen molar-refractivity contribution in [1.82, 2.24) is 15.2 Å². The molecule has 0 fully saturated rings. The Hall–Kier alpha value is -3.66. The van der Waals surface area contributed by atoms with Crippen molar-refractivity contribution < 1.29 is 14.1 Å². The minimum atomic E-state index is -0.601. The van der Waals surface area contributed by atoms with E-state index in [9.17, 15) is 10.1 Å². The molecular weight excluding hydrogens is 394 g/mol. The van der Waals surface area contributed by atoms with Crippen molar-refractivity contribution >= 4 is 29.4 Å². The Labute approximate surface area is 169 Å². The van der Waals surface area contributed by atoms with Gasteiger partial charge in [-0.15, -0.1) is 16.8 Å². The number of para-hydroxylation sites is 1. The molecule has 0 saturated carbocycles. The molecule has 1 aromatic carbocycles. The number of nitrogens with zero attached hydrogens (tertiary/aromatic N) is 4. The lowest BCUT2D eigenvalue weighted by atomic mass is 10.1. The molecule has 1 unspecified atom stereocenters. The van der Waals surface area contributed by atoms with Crippen LogP contribution in [0.2, 0.25) is 0 Å². The Morgan fingerprint density at radius 3 is 2.93 bits per heavy atom. The zero-order valence-corrected chi connectivity index (χ0v) is 15.8. The molecule has 0 bridgehead atoms. The average Bonchev–Trinajstić information content (AvgIpc) is 3.14. The highest BCUT2D eigenvalue weighted by Crippen LogP contribution is 2.36. The van der Waals surface area contributed by atoms with Crippen LogP contribution in [-0.2, 0) is 0 Å². The maximum atomic E-state index is 10.8. The molecule has 3 aromatic rings. The van der Waals surface area contributed by atoms with Gasteiger partial charge in [0, 0.05) is 17.0 Å². The zero-order chi connectivity index (χ0) is 20.2. The van der Waals surface area contributed by atoms with E-state index in [0.717, 1.165) is 11.3 Å². The molecule has 29 heavy (non-hydrogen) atoms. The van der Waals surface area contributed by atoms with E-state index in [-0.39, 0.29) is 5.88 Å². The van der Waals surface area contributed by atoms with Crippen LogP contribution in [0.1, 0.15) is 5.76 Å². The smallest absolute Gasteiger partial charge is 0.433 e. The van der Waals surface area contributed by atoms with Crippen LogP contribution in [0.25, 0.3) is 17.3 Å². The minimum Gasteiger partial charge on any atom is -0.448 e. The van der Waals surface area contributed by atoms with Crippen LogP contribution in [0.4, 0.5) is 11.6 Å². The number of rotatable bonds is 6. The number of hydrogen-bond donors (Lipinski definition) is 1. The van der Waals surface area contributed by atoms with E-state index in [0.29, 0.717) is 28.2 Å². The van der Waals surface area contributed by atoms with Gasteiger partial charge in [0.1, 0.15) is 10.7 Å². The predicted molar refractivity (Wildman–Crippen MR) is 109 cm³/mol. The molecule has 0 aliphatic carbocycles. The standard InChI is InChI=1S/C19H15N5O4S/c1-2-11-29-19-21-18-17(22-23-19)13-5-3-4-6-14(13)20-15(28-18)9-7-12-8-10-16(27-12)24(25)26/h2-10,15,20H,1,11H2. The predicted octanol–water partition coefficient (Wildman–Crippen LogP) is 4.16. The highest BCUT2D eigenvalue weighted by Gasteiger charge is 2.23. The highest BCUT2D eigenvalue weighted by atomic mass is 32.2. The third-order valence-corrected chi connectivity index (χ3v) is 4.75. The Morgan fingerprint density at radius 1 is 1.28 bits per heavy atom. The molecule has 0 amide bonds. The molecule has 0 saturated heterocycles. The molecule has 2 aromatic heterocycles. The topological polar surface area (TPSA) is 116 Å². The van der Waals surface area contributed by atoms with Gasteiger partial charge in [-0.05, 0) is 24.3 Å². The lowest BCUT2D eigenvalue weighted by Gasteiger charge is -2.15. The second kappa shape index (κ2) is 8.15. The Balaban J connectivity index is 1.66. The summed E-state index contributed by atoms with van der Waals surface area (Å²) in [6.45, 7) is 3.69. The summed E-state index contributed by atoms with van der Waals surface area (Å²) in [4.78, 5) is 14.7. The third-order valence-electron chi connectivity index (χ3n) is 3.91. The van der Waals surface area contributed by atoms with Crippen LogP contribution in [-0.4, -0.2) is 32.1 Å². The van der Waals surface area contributed by atoms with E-state index in [1.807, 2.05) is 24.3 Å². The van der Waals surface area contributed by atoms with Crippen LogP contribution in [0.15, 0.2) is 64.7 Å². The van der Waals surface area contributed by atoms with E-state index in [2.05, 4.69) is 27.1 Å². The van der Waals surface area contributed by atoms with Crippen molar-refractivity contribution in [1.29, 1.82) is 0 Å². The van der Waals surface area contributed by atoms with Gasteiger partial charge in [0.05, 0.1) is 6.07 Å². The number of furan rings is 1. The van der Waals surface area contributed by atoms with Crippen LogP contribution in [0.3, 0.4) is 0 Å². The molecule has 1 aliphatic heterocycles. The SMILES string of the molecule is C=CCSc1nnc2c(n1)OC(C=Cc1ccc([N+](=O)[O-])o1)Nc1ccccc1-2. The molecule has 0 radical (unpaired) electrons. The number of nitrogens with one attached hydrogen (secondary N) is 1. The number of aromatic nitrogens is 3. The van der Waals surface area contributed by atoms with Gasteiger partial charge >= 0.3 is 5.88 Å². The number of thioether (sulfide) groups is 1. The minimum absolute atomic E-state index is 0.323. The molecule has 0 spiro atoms. The molecule has 1 N–H and O–H groups in total. The van der Waals surface area contributed by atoms with Gasteiger partial charge in [-0.3, -0.25) is 10.1 Å². The second-order valence-corrected chi connectivity index (χ2v) is 6.86.